The van der Waals surface area contributed by atoms with Gasteiger partial charge in [0.05, 0.1) is 0 Å². The number of halogens is 1. The molecule has 17 heavy (non-hydrogen) atoms. The van der Waals surface area contributed by atoms with Crippen LogP contribution in [0.4, 0.5) is 4.39 Å². The van der Waals surface area contributed by atoms with Gasteiger partial charge in [0.25, 0.3) is 0 Å². The van der Waals surface area contributed by atoms with Gasteiger partial charge < -0.3 is 5.32 Å². The first-order chi connectivity index (χ1) is 8.25. The second-order valence-corrected chi connectivity index (χ2v) is 6.23. The second kappa shape index (κ2) is 6.41. The van der Waals surface area contributed by atoms with E-state index in [4.69, 9.17) is 0 Å². The van der Waals surface area contributed by atoms with Crippen LogP contribution in [-0.2, 0) is 0 Å². The van der Waals surface area contributed by atoms with Gasteiger partial charge in [-0.2, -0.15) is 0 Å². The largest absolute Gasteiger partial charge is 0.313 e. The van der Waals surface area contributed by atoms with Gasteiger partial charge in [-0.3, -0.25) is 0 Å². The average Bonchev–Trinajstić information content (AvgIpc) is 2.82. The van der Waals surface area contributed by atoms with E-state index in [1.165, 1.54) is 31.7 Å². The number of hydrogen-bond donors (Lipinski definition) is 1. The normalized spacial score (nSPS) is 18.5. The zero-order valence-electron chi connectivity index (χ0n) is 10.3. The standard InChI is InChI=1S/C14H20FNS/c1-11(10-16-12-6-2-3-7-12)17-14-9-5-4-8-13(14)15/h4-5,8-9,11-12,16H,2-3,6-7,10H2,1H3. The molecule has 0 bridgehead atoms. The van der Waals surface area contributed by atoms with Crippen LogP contribution in [0.5, 0.6) is 0 Å². The van der Waals surface area contributed by atoms with Crippen LogP contribution in [0.2, 0.25) is 0 Å². The maximum absolute atomic E-state index is 13.4. The highest BCUT2D eigenvalue weighted by Crippen LogP contribution is 2.26. The van der Waals surface area contributed by atoms with Gasteiger partial charge in [-0.05, 0) is 25.0 Å². The summed E-state index contributed by atoms with van der Waals surface area (Å²) in [5, 5.41) is 3.99. The molecule has 1 atom stereocenters. The van der Waals surface area contributed by atoms with Crippen molar-refractivity contribution < 1.29 is 4.39 Å². The summed E-state index contributed by atoms with van der Waals surface area (Å²) >= 11 is 1.62. The minimum Gasteiger partial charge on any atom is -0.313 e. The lowest BCUT2D eigenvalue weighted by atomic mass is 10.2. The average molecular weight is 253 g/mol. The molecule has 94 valence electrons. The molecule has 1 saturated carbocycles. The van der Waals surface area contributed by atoms with Gasteiger partial charge in [-0.15, -0.1) is 11.8 Å². The van der Waals surface area contributed by atoms with Crippen molar-refractivity contribution in [1.82, 2.24) is 5.32 Å². The van der Waals surface area contributed by atoms with Crippen LogP contribution in [0, 0.1) is 5.82 Å². The van der Waals surface area contributed by atoms with E-state index in [2.05, 4.69) is 12.2 Å². The fraction of sp³-hybridized carbons (Fsp3) is 0.571. The van der Waals surface area contributed by atoms with E-state index in [1.54, 1.807) is 17.8 Å². The molecule has 1 aromatic rings. The summed E-state index contributed by atoms with van der Waals surface area (Å²) < 4.78 is 13.4. The first-order valence-electron chi connectivity index (χ1n) is 6.40. The predicted octanol–water partition coefficient (Wildman–Crippen LogP) is 3.84. The topological polar surface area (TPSA) is 12.0 Å². The summed E-state index contributed by atoms with van der Waals surface area (Å²) in [6.07, 6.45) is 5.31. The van der Waals surface area contributed by atoms with Gasteiger partial charge in [0.1, 0.15) is 5.82 Å². The monoisotopic (exact) mass is 253 g/mol. The van der Waals surface area contributed by atoms with Crippen LogP contribution < -0.4 is 5.32 Å². The minimum absolute atomic E-state index is 0.106. The fourth-order valence-electron chi connectivity index (χ4n) is 2.26. The smallest absolute Gasteiger partial charge is 0.136 e. The Morgan fingerprint density at radius 2 is 2.06 bits per heavy atom. The van der Waals surface area contributed by atoms with Crippen molar-refractivity contribution in [3.63, 3.8) is 0 Å². The SMILES string of the molecule is CC(CNC1CCCC1)Sc1ccccc1F. The van der Waals surface area contributed by atoms with Crippen molar-refractivity contribution >= 4 is 11.8 Å². The predicted molar refractivity (Wildman–Crippen MR) is 72.0 cm³/mol. The molecule has 3 heteroatoms. The maximum Gasteiger partial charge on any atom is 0.136 e. The Morgan fingerprint density at radius 3 is 2.76 bits per heavy atom. The summed E-state index contributed by atoms with van der Waals surface area (Å²) in [4.78, 5) is 0.758. The van der Waals surface area contributed by atoms with E-state index in [0.29, 0.717) is 11.3 Å². The zero-order chi connectivity index (χ0) is 12.1. The Labute approximate surface area is 107 Å². The zero-order valence-corrected chi connectivity index (χ0v) is 11.1. The third-order valence-corrected chi connectivity index (χ3v) is 4.37. The molecule has 1 nitrogen and oxygen atoms in total. The summed E-state index contributed by atoms with van der Waals surface area (Å²) in [5.41, 5.74) is 0. The van der Waals surface area contributed by atoms with Crippen LogP contribution >= 0.6 is 11.8 Å². The molecule has 0 heterocycles. The van der Waals surface area contributed by atoms with E-state index >= 15 is 0 Å². The molecule has 1 aromatic carbocycles. The molecule has 0 aromatic heterocycles. The first-order valence-corrected chi connectivity index (χ1v) is 7.28. The minimum atomic E-state index is -0.106. The van der Waals surface area contributed by atoms with Crippen LogP contribution in [0.15, 0.2) is 29.2 Å². The quantitative estimate of drug-likeness (QED) is 0.800. The van der Waals surface area contributed by atoms with Gasteiger partial charge in [0, 0.05) is 22.7 Å². The lowest BCUT2D eigenvalue weighted by Crippen LogP contribution is -2.31. The molecule has 0 radical (unpaired) electrons. The van der Waals surface area contributed by atoms with Crippen molar-refractivity contribution in [1.29, 1.82) is 0 Å². The Hall–Kier alpha value is -0.540. The van der Waals surface area contributed by atoms with Crippen LogP contribution in [0.25, 0.3) is 0 Å². The third kappa shape index (κ3) is 4.00. The third-order valence-electron chi connectivity index (χ3n) is 3.21. The lowest BCUT2D eigenvalue weighted by molar-refractivity contribution is 0.527. The molecule has 1 aliphatic rings. The molecule has 0 aliphatic heterocycles. The first kappa shape index (κ1) is 12.9. The Bertz CT molecular complexity index is 350. The summed E-state index contributed by atoms with van der Waals surface area (Å²) in [5.74, 6) is -0.106. The highest BCUT2D eigenvalue weighted by molar-refractivity contribution is 8.00. The van der Waals surface area contributed by atoms with Crippen molar-refractivity contribution in [2.45, 2.75) is 48.8 Å². The van der Waals surface area contributed by atoms with E-state index in [0.717, 1.165) is 11.4 Å². The number of nitrogens with one attached hydrogen (secondary N) is 1. The van der Waals surface area contributed by atoms with E-state index in [-0.39, 0.29) is 5.82 Å². The van der Waals surface area contributed by atoms with E-state index < -0.39 is 0 Å². The van der Waals surface area contributed by atoms with Gasteiger partial charge in [-0.1, -0.05) is 31.9 Å². The highest BCUT2D eigenvalue weighted by atomic mass is 32.2. The van der Waals surface area contributed by atoms with Crippen LogP contribution in [0.1, 0.15) is 32.6 Å². The van der Waals surface area contributed by atoms with Gasteiger partial charge in [0.15, 0.2) is 0 Å². The fourth-order valence-corrected chi connectivity index (χ4v) is 3.21. The number of thioether (sulfide) groups is 1. The van der Waals surface area contributed by atoms with Gasteiger partial charge >= 0.3 is 0 Å². The second-order valence-electron chi connectivity index (χ2n) is 4.75. The summed E-state index contributed by atoms with van der Waals surface area (Å²) in [6, 6.07) is 7.70. The molecular weight excluding hydrogens is 233 g/mol. The van der Waals surface area contributed by atoms with E-state index in [1.807, 2.05) is 12.1 Å². The van der Waals surface area contributed by atoms with Crippen molar-refractivity contribution in [2.75, 3.05) is 6.54 Å². The van der Waals surface area contributed by atoms with Gasteiger partial charge in [0.2, 0.25) is 0 Å². The molecular formula is C14H20FNS. The molecule has 1 fully saturated rings. The lowest BCUT2D eigenvalue weighted by Gasteiger charge is -2.16. The summed E-state index contributed by atoms with van der Waals surface area (Å²) in [6.45, 7) is 3.11. The number of rotatable bonds is 5. The van der Waals surface area contributed by atoms with Crippen LogP contribution in [0.3, 0.4) is 0 Å². The number of hydrogen-bond acceptors (Lipinski definition) is 2. The molecule has 0 amide bonds. The van der Waals surface area contributed by atoms with Crippen molar-refractivity contribution in [3.8, 4) is 0 Å². The van der Waals surface area contributed by atoms with Gasteiger partial charge in [-0.25, -0.2) is 4.39 Å². The molecule has 1 N–H and O–H groups in total. The molecule has 0 spiro atoms. The molecule has 1 aliphatic carbocycles. The van der Waals surface area contributed by atoms with Crippen molar-refractivity contribution in [2.24, 2.45) is 0 Å². The van der Waals surface area contributed by atoms with Crippen LogP contribution in [-0.4, -0.2) is 17.8 Å². The Balaban J connectivity index is 1.76. The summed E-state index contributed by atoms with van der Waals surface area (Å²) in [7, 11) is 0. The number of benzene rings is 1. The van der Waals surface area contributed by atoms with Crippen molar-refractivity contribution in [3.05, 3.63) is 30.1 Å². The van der Waals surface area contributed by atoms with E-state index in [9.17, 15) is 4.39 Å². The molecule has 2 rings (SSSR count). The maximum atomic E-state index is 13.4. The molecule has 1 unspecified atom stereocenters. The Morgan fingerprint density at radius 1 is 1.35 bits per heavy atom. The Kier molecular flexibility index (Phi) is 4.86. The molecule has 0 saturated heterocycles. The highest BCUT2D eigenvalue weighted by Gasteiger charge is 2.15.